The summed E-state index contributed by atoms with van der Waals surface area (Å²) in [6.45, 7) is 6.96. The Balaban J connectivity index is 1.72. The molecule has 2 aromatic rings. The molecule has 0 spiro atoms. The van der Waals surface area contributed by atoms with E-state index in [0.717, 1.165) is 5.69 Å². The Morgan fingerprint density at radius 3 is 2.76 bits per heavy atom. The molecule has 0 radical (unpaired) electrons. The highest BCUT2D eigenvalue weighted by Crippen LogP contribution is 2.51. The zero-order valence-electron chi connectivity index (χ0n) is 14.3. The largest absolute Gasteiger partial charge is 0.451 e. The molecule has 0 aromatic carbocycles. The van der Waals surface area contributed by atoms with Crippen molar-refractivity contribution in [2.75, 3.05) is 0 Å². The average Bonchev–Trinajstić information content (AvgIpc) is 3.13. The first-order chi connectivity index (χ1) is 11.9. The topological polar surface area (TPSA) is 97.6 Å². The summed E-state index contributed by atoms with van der Waals surface area (Å²) >= 11 is 0. The van der Waals surface area contributed by atoms with Crippen LogP contribution in [0.5, 0.6) is 0 Å². The number of esters is 1. The number of rotatable bonds is 1. The third-order valence-corrected chi connectivity index (χ3v) is 4.85. The first-order valence-electron chi connectivity index (χ1n) is 8.23. The Bertz CT molecular complexity index is 894. The Labute approximate surface area is 143 Å². The number of carbonyl (C=O) groups is 1. The van der Waals surface area contributed by atoms with Crippen LogP contribution in [0.2, 0.25) is 0 Å². The van der Waals surface area contributed by atoms with Crippen molar-refractivity contribution in [1.82, 2.24) is 19.5 Å². The molecule has 5 atom stereocenters. The first kappa shape index (κ1) is 15.2. The van der Waals surface area contributed by atoms with Gasteiger partial charge in [-0.2, -0.15) is 0 Å². The summed E-state index contributed by atoms with van der Waals surface area (Å²) in [5, 5.41) is 0. The number of fused-ring (bicyclic) bond motifs is 9. The molecule has 0 amide bonds. The summed E-state index contributed by atoms with van der Waals surface area (Å²) in [5.74, 6) is -0.542. The lowest BCUT2D eigenvalue weighted by Gasteiger charge is -2.33. The van der Waals surface area contributed by atoms with Gasteiger partial charge < -0.3 is 18.9 Å². The molecule has 0 saturated carbocycles. The Morgan fingerprint density at radius 2 is 2.00 bits per heavy atom. The quantitative estimate of drug-likeness (QED) is 0.710. The van der Waals surface area contributed by atoms with Crippen molar-refractivity contribution in [3.05, 3.63) is 17.8 Å². The van der Waals surface area contributed by atoms with Gasteiger partial charge in [-0.15, -0.1) is 0 Å². The van der Waals surface area contributed by atoms with Crippen molar-refractivity contribution in [2.24, 2.45) is 0 Å². The van der Waals surface area contributed by atoms with Crippen LogP contribution < -0.4 is 0 Å². The fourth-order valence-electron chi connectivity index (χ4n) is 3.99. The van der Waals surface area contributed by atoms with E-state index in [2.05, 4.69) is 15.0 Å². The second-order valence-electron chi connectivity index (χ2n) is 7.06. The maximum atomic E-state index is 11.7. The van der Waals surface area contributed by atoms with Crippen LogP contribution in [0.15, 0.2) is 6.33 Å². The lowest BCUT2D eigenvalue weighted by atomic mass is 10.1. The summed E-state index contributed by atoms with van der Waals surface area (Å²) in [4.78, 5) is 24.9. The van der Waals surface area contributed by atoms with Crippen LogP contribution in [0, 0.1) is 6.92 Å². The highest BCUT2D eigenvalue weighted by Gasteiger charge is 2.62. The molecule has 5 unspecified atom stereocenters. The van der Waals surface area contributed by atoms with E-state index in [1.54, 1.807) is 0 Å². The summed E-state index contributed by atoms with van der Waals surface area (Å²) in [6, 6.07) is 0. The number of nitrogens with zero attached hydrogens (tertiary/aromatic N) is 4. The molecular formula is C16H18N4O5. The van der Waals surface area contributed by atoms with Gasteiger partial charge in [0.25, 0.3) is 0 Å². The van der Waals surface area contributed by atoms with Crippen LogP contribution in [0.4, 0.5) is 0 Å². The third-order valence-electron chi connectivity index (χ3n) is 4.85. The summed E-state index contributed by atoms with van der Waals surface area (Å²) in [6.07, 6.45) is -0.774. The fourth-order valence-corrected chi connectivity index (χ4v) is 3.99. The van der Waals surface area contributed by atoms with E-state index in [4.69, 9.17) is 18.9 Å². The Hall–Kier alpha value is -2.10. The minimum atomic E-state index is -0.727. The highest BCUT2D eigenvalue weighted by molar-refractivity contribution is 5.74. The Kier molecular flexibility index (Phi) is 2.88. The van der Waals surface area contributed by atoms with E-state index >= 15 is 0 Å². The molecule has 9 nitrogen and oxygen atoms in total. The van der Waals surface area contributed by atoms with Crippen LogP contribution in [-0.4, -0.2) is 49.6 Å². The fraction of sp³-hybridized carbons (Fsp3) is 0.625. The number of imidazole rings is 1. The summed E-state index contributed by atoms with van der Waals surface area (Å²) < 4.78 is 25.6. The maximum absolute atomic E-state index is 11.7. The van der Waals surface area contributed by atoms with Gasteiger partial charge in [-0.3, -0.25) is 9.36 Å². The molecule has 3 aliphatic rings. The van der Waals surface area contributed by atoms with Gasteiger partial charge in [0, 0.05) is 6.92 Å². The number of hydrogen-bond donors (Lipinski definition) is 0. The number of aryl methyl sites for hydroxylation is 1. The molecule has 2 saturated heterocycles. The van der Waals surface area contributed by atoms with Crippen LogP contribution in [0.25, 0.3) is 11.2 Å². The summed E-state index contributed by atoms with van der Waals surface area (Å²) in [7, 11) is 0. The number of aromatic nitrogens is 4. The van der Waals surface area contributed by atoms with Gasteiger partial charge in [-0.25, -0.2) is 15.0 Å². The average molecular weight is 346 g/mol. The summed E-state index contributed by atoms with van der Waals surface area (Å²) in [5.41, 5.74) is 2.06. The molecule has 2 bridgehead atoms. The normalized spacial score (nSPS) is 34.8. The molecule has 2 fully saturated rings. The minimum absolute atomic E-state index is 0.327. The number of carbonyl (C=O) groups excluding carboxylic acids is 1. The van der Waals surface area contributed by atoms with Crippen molar-refractivity contribution >= 4 is 17.1 Å². The smallest absolute Gasteiger partial charge is 0.303 e. The molecule has 3 aliphatic heterocycles. The van der Waals surface area contributed by atoms with Gasteiger partial charge in [-0.05, 0) is 20.8 Å². The SMILES string of the molecule is CC(=O)OC1c2nc3c(C)ncnc3n2C2OC1C1OC(C)(C)OC12. The van der Waals surface area contributed by atoms with Crippen molar-refractivity contribution in [3.63, 3.8) is 0 Å². The van der Waals surface area contributed by atoms with Crippen LogP contribution in [0.3, 0.4) is 0 Å². The van der Waals surface area contributed by atoms with Crippen molar-refractivity contribution < 1.29 is 23.7 Å². The van der Waals surface area contributed by atoms with Crippen molar-refractivity contribution in [1.29, 1.82) is 0 Å². The van der Waals surface area contributed by atoms with Gasteiger partial charge in [0.2, 0.25) is 0 Å². The maximum Gasteiger partial charge on any atom is 0.303 e. The highest BCUT2D eigenvalue weighted by atomic mass is 16.8. The lowest BCUT2D eigenvalue weighted by Crippen LogP contribution is -2.38. The molecule has 25 heavy (non-hydrogen) atoms. The zero-order valence-corrected chi connectivity index (χ0v) is 14.3. The van der Waals surface area contributed by atoms with E-state index in [9.17, 15) is 4.79 Å². The van der Waals surface area contributed by atoms with Gasteiger partial charge in [0.15, 0.2) is 29.6 Å². The van der Waals surface area contributed by atoms with E-state index in [-0.39, 0.29) is 12.2 Å². The predicted molar refractivity (Wildman–Crippen MR) is 82.3 cm³/mol. The predicted octanol–water partition coefficient (Wildman–Crippen LogP) is 1.17. The zero-order chi connectivity index (χ0) is 17.5. The molecule has 9 heteroatoms. The molecule has 5 rings (SSSR count). The molecule has 2 aromatic heterocycles. The molecule has 0 aliphatic carbocycles. The second kappa shape index (κ2) is 4.75. The van der Waals surface area contributed by atoms with Gasteiger partial charge in [0.05, 0.1) is 5.69 Å². The van der Waals surface area contributed by atoms with E-state index in [1.807, 2.05) is 25.3 Å². The molecule has 0 N–H and O–H groups in total. The Morgan fingerprint density at radius 1 is 1.24 bits per heavy atom. The van der Waals surface area contributed by atoms with Gasteiger partial charge >= 0.3 is 5.97 Å². The third kappa shape index (κ3) is 2.00. The van der Waals surface area contributed by atoms with Gasteiger partial charge in [0.1, 0.15) is 30.2 Å². The van der Waals surface area contributed by atoms with Crippen molar-refractivity contribution in [3.8, 4) is 0 Å². The van der Waals surface area contributed by atoms with E-state index in [1.165, 1.54) is 13.3 Å². The van der Waals surface area contributed by atoms with E-state index < -0.39 is 30.2 Å². The first-order valence-corrected chi connectivity index (χ1v) is 8.23. The van der Waals surface area contributed by atoms with Gasteiger partial charge in [-0.1, -0.05) is 0 Å². The minimum Gasteiger partial charge on any atom is -0.451 e. The molecule has 5 heterocycles. The number of hydrogen-bond acceptors (Lipinski definition) is 8. The monoisotopic (exact) mass is 346 g/mol. The lowest BCUT2D eigenvalue weighted by molar-refractivity contribution is -0.221. The van der Waals surface area contributed by atoms with Crippen LogP contribution in [0.1, 0.15) is 44.6 Å². The standard InChI is InChI=1S/C16H18N4O5/c1-6-8-13(18-5-17-6)20-14(19-8)11(22-7(2)21)9-10-12(15(20)23-9)25-16(3,4)24-10/h5,9-12,15H,1-4H3. The van der Waals surface area contributed by atoms with Crippen LogP contribution >= 0.6 is 0 Å². The molecular weight excluding hydrogens is 328 g/mol. The van der Waals surface area contributed by atoms with Crippen molar-refractivity contribution in [2.45, 2.75) is 64.1 Å². The molecule has 132 valence electrons. The van der Waals surface area contributed by atoms with E-state index in [0.29, 0.717) is 17.0 Å². The van der Waals surface area contributed by atoms with Crippen LogP contribution in [-0.2, 0) is 23.7 Å². The second-order valence-corrected chi connectivity index (χ2v) is 7.06. The number of ether oxygens (including phenoxy) is 4.